The predicted octanol–water partition coefficient (Wildman–Crippen LogP) is 7.50. The SMILES string of the molecule is Cc1cc(Cl)ccc1NC(=O)/C(C#N)=C/c1cn(Cc2ccc(Cl)c(Cl)c2)c2ccccc12. The number of carbonyl (C=O) groups is 1. The molecule has 4 rings (SSSR count). The maximum absolute atomic E-state index is 12.8. The monoisotopic (exact) mass is 493 g/mol. The molecule has 0 aliphatic heterocycles. The molecule has 0 atom stereocenters. The molecule has 0 radical (unpaired) electrons. The zero-order valence-electron chi connectivity index (χ0n) is 17.6. The van der Waals surface area contributed by atoms with E-state index in [9.17, 15) is 10.1 Å². The number of amides is 1. The van der Waals surface area contributed by atoms with Crippen LogP contribution in [0.15, 0.2) is 72.4 Å². The lowest BCUT2D eigenvalue weighted by molar-refractivity contribution is -0.112. The van der Waals surface area contributed by atoms with Crippen molar-refractivity contribution in [3.63, 3.8) is 0 Å². The number of hydrogen-bond acceptors (Lipinski definition) is 2. The third-order valence-electron chi connectivity index (χ3n) is 5.26. The number of aromatic nitrogens is 1. The molecule has 1 heterocycles. The highest BCUT2D eigenvalue weighted by atomic mass is 35.5. The minimum atomic E-state index is -0.482. The first-order valence-electron chi connectivity index (χ1n) is 10.1. The van der Waals surface area contributed by atoms with Gasteiger partial charge in [-0.15, -0.1) is 0 Å². The second-order valence-corrected chi connectivity index (χ2v) is 8.81. The van der Waals surface area contributed by atoms with Crippen LogP contribution in [0.5, 0.6) is 0 Å². The van der Waals surface area contributed by atoms with Gasteiger partial charge in [-0.1, -0.05) is 59.1 Å². The van der Waals surface area contributed by atoms with Crippen LogP contribution in [0.1, 0.15) is 16.7 Å². The molecular formula is C26H18Cl3N3O. The zero-order valence-corrected chi connectivity index (χ0v) is 19.8. The van der Waals surface area contributed by atoms with E-state index >= 15 is 0 Å². The molecule has 1 aromatic heterocycles. The Kier molecular flexibility index (Phi) is 6.76. The van der Waals surface area contributed by atoms with Crippen LogP contribution in [-0.4, -0.2) is 10.5 Å². The second-order valence-electron chi connectivity index (χ2n) is 7.56. The number of rotatable bonds is 5. The van der Waals surface area contributed by atoms with E-state index in [1.54, 1.807) is 30.3 Å². The second kappa shape index (κ2) is 9.72. The number of para-hydroxylation sites is 1. The molecule has 0 aliphatic rings. The Morgan fingerprint density at radius 2 is 1.85 bits per heavy atom. The van der Waals surface area contributed by atoms with Crippen molar-refractivity contribution in [1.29, 1.82) is 5.26 Å². The first kappa shape index (κ1) is 22.9. The highest BCUT2D eigenvalue weighted by Gasteiger charge is 2.14. The molecule has 0 bridgehead atoms. The maximum Gasteiger partial charge on any atom is 0.266 e. The number of nitriles is 1. The number of aryl methyl sites for hydroxylation is 1. The van der Waals surface area contributed by atoms with Gasteiger partial charge in [0.05, 0.1) is 10.0 Å². The smallest absolute Gasteiger partial charge is 0.266 e. The van der Waals surface area contributed by atoms with Crippen LogP contribution < -0.4 is 5.32 Å². The van der Waals surface area contributed by atoms with Crippen molar-refractivity contribution in [2.24, 2.45) is 0 Å². The van der Waals surface area contributed by atoms with E-state index in [0.717, 1.165) is 27.6 Å². The van der Waals surface area contributed by atoms with Crippen molar-refractivity contribution in [3.05, 3.63) is 104 Å². The van der Waals surface area contributed by atoms with E-state index < -0.39 is 5.91 Å². The Morgan fingerprint density at radius 1 is 1.06 bits per heavy atom. The van der Waals surface area contributed by atoms with E-state index in [0.29, 0.717) is 27.3 Å². The Balaban J connectivity index is 1.68. The molecule has 7 heteroatoms. The van der Waals surface area contributed by atoms with Gasteiger partial charge < -0.3 is 9.88 Å². The summed E-state index contributed by atoms with van der Waals surface area (Å²) < 4.78 is 2.05. The molecule has 0 spiro atoms. The molecule has 0 saturated heterocycles. The number of carbonyl (C=O) groups excluding carboxylic acids is 1. The average molecular weight is 495 g/mol. The largest absolute Gasteiger partial charge is 0.342 e. The first-order valence-corrected chi connectivity index (χ1v) is 11.2. The molecule has 164 valence electrons. The van der Waals surface area contributed by atoms with Crippen LogP contribution in [0.4, 0.5) is 5.69 Å². The van der Waals surface area contributed by atoms with Crippen LogP contribution in [0, 0.1) is 18.3 Å². The number of fused-ring (bicyclic) bond motifs is 1. The number of nitrogens with zero attached hydrogens (tertiary/aromatic N) is 2. The molecule has 0 saturated carbocycles. The normalized spacial score (nSPS) is 11.4. The van der Waals surface area contributed by atoms with Gasteiger partial charge in [0.1, 0.15) is 11.6 Å². The standard InChI is InChI=1S/C26H18Cl3N3O/c1-16-10-20(27)7-9-24(16)31-26(33)18(13-30)12-19-15-32(25-5-3-2-4-21(19)25)14-17-6-8-22(28)23(29)11-17/h2-12,15H,14H2,1H3,(H,31,33)/b18-12+. The van der Waals surface area contributed by atoms with Crippen LogP contribution >= 0.6 is 34.8 Å². The highest BCUT2D eigenvalue weighted by Crippen LogP contribution is 2.27. The lowest BCUT2D eigenvalue weighted by Gasteiger charge is -2.08. The van der Waals surface area contributed by atoms with Gasteiger partial charge in [-0.3, -0.25) is 4.79 Å². The van der Waals surface area contributed by atoms with Crippen molar-refractivity contribution in [2.75, 3.05) is 5.32 Å². The summed E-state index contributed by atoms with van der Waals surface area (Å²) in [6.07, 6.45) is 3.53. The summed E-state index contributed by atoms with van der Waals surface area (Å²) in [5.74, 6) is -0.482. The van der Waals surface area contributed by atoms with E-state index in [1.807, 2.05) is 55.6 Å². The van der Waals surface area contributed by atoms with Gasteiger partial charge in [-0.25, -0.2) is 0 Å². The summed E-state index contributed by atoms with van der Waals surface area (Å²) in [5.41, 5.74) is 4.14. The molecule has 0 fully saturated rings. The summed E-state index contributed by atoms with van der Waals surface area (Å²) in [7, 11) is 0. The molecule has 0 unspecified atom stereocenters. The number of nitrogens with one attached hydrogen (secondary N) is 1. The van der Waals surface area contributed by atoms with Gasteiger partial charge in [0.2, 0.25) is 0 Å². The number of anilines is 1. The van der Waals surface area contributed by atoms with E-state index in [1.165, 1.54) is 0 Å². The Labute approximate surface area is 206 Å². The van der Waals surface area contributed by atoms with Gasteiger partial charge in [0.25, 0.3) is 5.91 Å². The lowest BCUT2D eigenvalue weighted by Crippen LogP contribution is -2.14. The van der Waals surface area contributed by atoms with Crippen LogP contribution in [0.3, 0.4) is 0 Å². The predicted molar refractivity (Wildman–Crippen MR) is 136 cm³/mol. The molecule has 0 aliphatic carbocycles. The number of benzene rings is 3. The molecule has 1 N–H and O–H groups in total. The highest BCUT2D eigenvalue weighted by molar-refractivity contribution is 6.42. The quantitative estimate of drug-likeness (QED) is 0.231. The molecular weight excluding hydrogens is 477 g/mol. The number of hydrogen-bond donors (Lipinski definition) is 1. The van der Waals surface area contributed by atoms with Gasteiger partial charge in [0.15, 0.2) is 0 Å². The van der Waals surface area contributed by atoms with Crippen LogP contribution in [0.25, 0.3) is 17.0 Å². The van der Waals surface area contributed by atoms with Crippen molar-refractivity contribution in [1.82, 2.24) is 4.57 Å². The Morgan fingerprint density at radius 3 is 2.58 bits per heavy atom. The van der Waals surface area contributed by atoms with Gasteiger partial charge in [0, 0.05) is 39.9 Å². The Hall–Kier alpha value is -3.23. The Bertz CT molecular complexity index is 1450. The lowest BCUT2D eigenvalue weighted by atomic mass is 10.1. The summed E-state index contributed by atoms with van der Waals surface area (Å²) in [4.78, 5) is 12.8. The summed E-state index contributed by atoms with van der Waals surface area (Å²) in [6, 6.07) is 20.5. The fourth-order valence-electron chi connectivity index (χ4n) is 3.62. The third-order valence-corrected chi connectivity index (χ3v) is 6.23. The fraction of sp³-hybridized carbons (Fsp3) is 0.0769. The molecule has 33 heavy (non-hydrogen) atoms. The van der Waals surface area contributed by atoms with Crippen LogP contribution in [0.2, 0.25) is 15.1 Å². The minimum absolute atomic E-state index is 0.00166. The molecule has 1 amide bonds. The van der Waals surface area contributed by atoms with E-state index in [4.69, 9.17) is 34.8 Å². The van der Waals surface area contributed by atoms with Crippen molar-refractivity contribution in [2.45, 2.75) is 13.5 Å². The molecule has 3 aromatic carbocycles. The van der Waals surface area contributed by atoms with Gasteiger partial charge >= 0.3 is 0 Å². The summed E-state index contributed by atoms with van der Waals surface area (Å²) >= 11 is 18.2. The van der Waals surface area contributed by atoms with Gasteiger partial charge in [-0.05, 0) is 60.5 Å². The van der Waals surface area contributed by atoms with E-state index in [2.05, 4.69) is 9.88 Å². The topological polar surface area (TPSA) is 57.8 Å². The van der Waals surface area contributed by atoms with E-state index in [-0.39, 0.29) is 5.57 Å². The minimum Gasteiger partial charge on any atom is -0.342 e. The fourth-order valence-corrected chi connectivity index (χ4v) is 4.16. The van der Waals surface area contributed by atoms with Gasteiger partial charge in [-0.2, -0.15) is 5.26 Å². The third kappa shape index (κ3) is 5.07. The molecule has 4 nitrogen and oxygen atoms in total. The summed E-state index contributed by atoms with van der Waals surface area (Å²) in [5, 5.41) is 15.0. The van der Waals surface area contributed by atoms with Crippen molar-refractivity contribution >= 4 is 63.4 Å². The van der Waals surface area contributed by atoms with Crippen molar-refractivity contribution in [3.8, 4) is 6.07 Å². The average Bonchev–Trinajstić information content (AvgIpc) is 3.13. The van der Waals surface area contributed by atoms with Crippen molar-refractivity contribution < 1.29 is 4.79 Å². The van der Waals surface area contributed by atoms with Crippen LogP contribution in [-0.2, 0) is 11.3 Å². The maximum atomic E-state index is 12.8. The first-order chi connectivity index (χ1) is 15.9. The summed E-state index contributed by atoms with van der Waals surface area (Å²) in [6.45, 7) is 2.40. The molecule has 4 aromatic rings. The number of halogens is 3. The zero-order chi connectivity index (χ0) is 23.5.